The van der Waals surface area contributed by atoms with E-state index in [9.17, 15) is 8.42 Å². The number of aliphatic hydroxyl groups excluding tert-OH is 2. The summed E-state index contributed by atoms with van der Waals surface area (Å²) in [6, 6.07) is 6.11. The number of rotatable bonds is 4. The molecule has 1 aromatic rings. The van der Waals surface area contributed by atoms with Crippen molar-refractivity contribution in [2.75, 3.05) is 12.4 Å². The Bertz CT molecular complexity index is 412. The zero-order valence-electron chi connectivity index (χ0n) is 7.80. The monoisotopic (exact) mass is 294 g/mol. The van der Waals surface area contributed by atoms with Gasteiger partial charge in [0, 0.05) is 4.47 Å². The van der Waals surface area contributed by atoms with Gasteiger partial charge in [-0.2, -0.15) is 0 Å². The van der Waals surface area contributed by atoms with Gasteiger partial charge < -0.3 is 10.2 Å². The van der Waals surface area contributed by atoms with Crippen molar-refractivity contribution < 1.29 is 18.6 Å². The molecule has 0 fully saturated rings. The summed E-state index contributed by atoms with van der Waals surface area (Å²) in [5.74, 6) is -0.467. The SMILES string of the molecule is O=S(=O)(C[C@H](O)CO)c1ccc(Br)cc1. The van der Waals surface area contributed by atoms with Crippen LogP contribution >= 0.6 is 15.9 Å². The Labute approximate surface area is 96.6 Å². The highest BCUT2D eigenvalue weighted by atomic mass is 79.9. The van der Waals surface area contributed by atoms with Crippen LogP contribution in [-0.4, -0.2) is 37.1 Å². The predicted octanol–water partition coefficient (Wildman–Crippen LogP) is 0.576. The summed E-state index contributed by atoms with van der Waals surface area (Å²) in [5, 5.41) is 17.6. The average Bonchev–Trinajstić information content (AvgIpc) is 2.17. The van der Waals surface area contributed by atoms with Crippen LogP contribution in [-0.2, 0) is 9.84 Å². The number of hydrogen-bond donors (Lipinski definition) is 2. The van der Waals surface area contributed by atoms with E-state index in [1.165, 1.54) is 12.1 Å². The van der Waals surface area contributed by atoms with E-state index in [1.807, 2.05) is 0 Å². The molecule has 0 unspecified atom stereocenters. The molecule has 0 heterocycles. The molecule has 15 heavy (non-hydrogen) atoms. The largest absolute Gasteiger partial charge is 0.394 e. The number of benzene rings is 1. The summed E-state index contributed by atoms with van der Waals surface area (Å²) in [6.07, 6.45) is -1.24. The van der Waals surface area contributed by atoms with Gasteiger partial charge in [-0.1, -0.05) is 15.9 Å². The summed E-state index contributed by atoms with van der Waals surface area (Å²) >= 11 is 3.19. The smallest absolute Gasteiger partial charge is 0.181 e. The van der Waals surface area contributed by atoms with Gasteiger partial charge >= 0.3 is 0 Å². The minimum absolute atomic E-state index is 0.137. The van der Waals surface area contributed by atoms with E-state index in [2.05, 4.69) is 15.9 Å². The minimum Gasteiger partial charge on any atom is -0.394 e. The van der Waals surface area contributed by atoms with E-state index in [0.29, 0.717) is 0 Å². The van der Waals surface area contributed by atoms with Crippen LogP contribution in [0.25, 0.3) is 0 Å². The maximum absolute atomic E-state index is 11.6. The maximum atomic E-state index is 11.6. The molecule has 84 valence electrons. The highest BCUT2D eigenvalue weighted by Crippen LogP contribution is 2.16. The van der Waals surface area contributed by atoms with Crippen molar-refractivity contribution in [1.29, 1.82) is 0 Å². The Balaban J connectivity index is 2.91. The molecule has 0 spiro atoms. The van der Waals surface area contributed by atoms with E-state index < -0.39 is 28.3 Å². The molecule has 0 amide bonds. The molecule has 0 aliphatic rings. The number of hydrogen-bond acceptors (Lipinski definition) is 4. The number of sulfone groups is 1. The third kappa shape index (κ3) is 3.57. The van der Waals surface area contributed by atoms with Crippen LogP contribution < -0.4 is 0 Å². The Morgan fingerprint density at radius 3 is 2.27 bits per heavy atom. The van der Waals surface area contributed by atoms with Crippen molar-refractivity contribution in [2.45, 2.75) is 11.0 Å². The molecular weight excluding hydrogens is 284 g/mol. The molecule has 1 aromatic carbocycles. The second-order valence-corrected chi connectivity index (χ2v) is 6.02. The fraction of sp³-hybridized carbons (Fsp3) is 0.333. The number of halogens is 1. The molecule has 0 saturated carbocycles. The third-order valence-corrected chi connectivity index (χ3v) is 4.14. The summed E-state index contributed by atoms with van der Waals surface area (Å²) in [5.41, 5.74) is 0. The molecule has 0 aliphatic heterocycles. The standard InChI is InChI=1S/C9H11BrO4S/c10-7-1-3-9(4-2-7)15(13,14)6-8(12)5-11/h1-4,8,11-12H,5-6H2/t8-/m1/s1. The van der Waals surface area contributed by atoms with Crippen molar-refractivity contribution in [3.63, 3.8) is 0 Å². The van der Waals surface area contributed by atoms with Gasteiger partial charge in [0.25, 0.3) is 0 Å². The molecule has 6 heteroatoms. The summed E-state index contributed by atoms with van der Waals surface area (Å²) < 4.78 is 24.0. The topological polar surface area (TPSA) is 74.6 Å². The van der Waals surface area contributed by atoms with Crippen LogP contribution in [0, 0.1) is 0 Å². The van der Waals surface area contributed by atoms with Gasteiger partial charge in [0.2, 0.25) is 0 Å². The van der Waals surface area contributed by atoms with Gasteiger partial charge in [0.15, 0.2) is 9.84 Å². The lowest BCUT2D eigenvalue weighted by Gasteiger charge is -2.08. The molecule has 0 aromatic heterocycles. The van der Waals surface area contributed by atoms with Crippen molar-refractivity contribution in [3.8, 4) is 0 Å². The van der Waals surface area contributed by atoms with Crippen molar-refractivity contribution >= 4 is 25.8 Å². The van der Waals surface area contributed by atoms with Gasteiger partial charge in [0.05, 0.1) is 23.4 Å². The molecular formula is C9H11BrO4S. The highest BCUT2D eigenvalue weighted by Gasteiger charge is 2.18. The van der Waals surface area contributed by atoms with Crippen LogP contribution in [0.15, 0.2) is 33.6 Å². The molecule has 1 rings (SSSR count). The zero-order chi connectivity index (χ0) is 11.5. The van der Waals surface area contributed by atoms with E-state index >= 15 is 0 Å². The second-order valence-electron chi connectivity index (χ2n) is 3.07. The van der Waals surface area contributed by atoms with E-state index in [1.54, 1.807) is 12.1 Å². The fourth-order valence-electron chi connectivity index (χ4n) is 1.04. The highest BCUT2D eigenvalue weighted by molar-refractivity contribution is 9.10. The Kier molecular flexibility index (Phi) is 4.27. The van der Waals surface area contributed by atoms with Crippen LogP contribution in [0.2, 0.25) is 0 Å². The first-order valence-electron chi connectivity index (χ1n) is 4.23. The zero-order valence-corrected chi connectivity index (χ0v) is 10.2. The normalized spacial score (nSPS) is 13.8. The summed E-state index contributed by atoms with van der Waals surface area (Å²) in [4.78, 5) is 0.137. The maximum Gasteiger partial charge on any atom is 0.181 e. The van der Waals surface area contributed by atoms with Gasteiger partial charge in [0.1, 0.15) is 0 Å². The molecule has 0 saturated heterocycles. The fourth-order valence-corrected chi connectivity index (χ4v) is 2.66. The van der Waals surface area contributed by atoms with Crippen LogP contribution in [0.3, 0.4) is 0 Å². The molecule has 2 N–H and O–H groups in total. The van der Waals surface area contributed by atoms with Gasteiger partial charge in [-0.05, 0) is 24.3 Å². The van der Waals surface area contributed by atoms with Crippen LogP contribution in [0.4, 0.5) is 0 Å². The Morgan fingerprint density at radius 2 is 1.80 bits per heavy atom. The quantitative estimate of drug-likeness (QED) is 0.852. The second kappa shape index (κ2) is 5.07. The Morgan fingerprint density at radius 1 is 1.27 bits per heavy atom. The summed E-state index contributed by atoms with van der Waals surface area (Å²) in [6.45, 7) is -0.560. The molecule has 4 nitrogen and oxygen atoms in total. The van der Waals surface area contributed by atoms with Gasteiger partial charge in [-0.3, -0.25) is 0 Å². The molecule has 0 bridgehead atoms. The summed E-state index contributed by atoms with van der Waals surface area (Å²) in [7, 11) is -3.52. The first-order valence-corrected chi connectivity index (χ1v) is 6.67. The first kappa shape index (κ1) is 12.6. The van der Waals surface area contributed by atoms with Crippen molar-refractivity contribution in [2.24, 2.45) is 0 Å². The van der Waals surface area contributed by atoms with Crippen LogP contribution in [0.5, 0.6) is 0 Å². The van der Waals surface area contributed by atoms with E-state index in [4.69, 9.17) is 10.2 Å². The number of aliphatic hydroxyl groups is 2. The lowest BCUT2D eigenvalue weighted by Crippen LogP contribution is -2.24. The molecule has 0 radical (unpaired) electrons. The average molecular weight is 295 g/mol. The molecule has 0 aliphatic carbocycles. The third-order valence-electron chi connectivity index (χ3n) is 1.80. The lowest BCUT2D eigenvalue weighted by molar-refractivity contribution is 0.112. The minimum atomic E-state index is -3.52. The Hall–Kier alpha value is -0.430. The van der Waals surface area contributed by atoms with Gasteiger partial charge in [-0.15, -0.1) is 0 Å². The van der Waals surface area contributed by atoms with Crippen LogP contribution in [0.1, 0.15) is 0 Å². The van der Waals surface area contributed by atoms with Crippen molar-refractivity contribution in [3.05, 3.63) is 28.7 Å². The van der Waals surface area contributed by atoms with E-state index in [0.717, 1.165) is 4.47 Å². The molecule has 1 atom stereocenters. The van der Waals surface area contributed by atoms with Gasteiger partial charge in [-0.25, -0.2) is 8.42 Å². The lowest BCUT2D eigenvalue weighted by atomic mass is 10.4. The van der Waals surface area contributed by atoms with Crippen molar-refractivity contribution in [1.82, 2.24) is 0 Å². The predicted molar refractivity (Wildman–Crippen MR) is 59.3 cm³/mol. The van der Waals surface area contributed by atoms with E-state index in [-0.39, 0.29) is 4.90 Å². The first-order chi connectivity index (χ1) is 6.95.